The zero-order valence-electron chi connectivity index (χ0n) is 23.1. The molecule has 2 fully saturated rings. The minimum Gasteiger partial charge on any atom is -0.497 e. The Morgan fingerprint density at radius 3 is 2.35 bits per heavy atom. The molecule has 0 saturated carbocycles. The smallest absolute Gasteiger partial charge is 0.236 e. The summed E-state index contributed by atoms with van der Waals surface area (Å²) >= 11 is 0. The van der Waals surface area contributed by atoms with Crippen LogP contribution in [-0.2, 0) is 14.4 Å². The first-order chi connectivity index (χ1) is 19.4. The van der Waals surface area contributed by atoms with Gasteiger partial charge in [0.05, 0.1) is 31.6 Å². The van der Waals surface area contributed by atoms with Gasteiger partial charge in [-0.2, -0.15) is 0 Å². The van der Waals surface area contributed by atoms with Crippen LogP contribution < -0.4 is 19.9 Å². The fraction of sp³-hybridized carbons (Fsp3) is 0.483. The minimum absolute atomic E-state index is 0.126. The molecule has 214 valence electrons. The van der Waals surface area contributed by atoms with Gasteiger partial charge in [-0.3, -0.25) is 14.5 Å². The lowest BCUT2D eigenvalue weighted by Gasteiger charge is -2.39. The van der Waals surface area contributed by atoms with E-state index in [2.05, 4.69) is 32.4 Å². The number of benzene rings is 2. The summed E-state index contributed by atoms with van der Waals surface area (Å²) < 4.78 is 20.3. The molecule has 0 radical (unpaired) electrons. The second-order valence-electron chi connectivity index (χ2n) is 10.4. The van der Waals surface area contributed by atoms with Gasteiger partial charge in [-0.25, -0.2) is 4.39 Å². The summed E-state index contributed by atoms with van der Waals surface area (Å²) in [6, 6.07) is 13.2. The Kier molecular flexibility index (Phi) is 8.69. The van der Waals surface area contributed by atoms with Crippen LogP contribution in [0, 0.1) is 5.82 Å². The highest BCUT2D eigenvalue weighted by Gasteiger charge is 2.27. The van der Waals surface area contributed by atoms with Crippen LogP contribution in [0.5, 0.6) is 5.75 Å². The Morgan fingerprint density at radius 2 is 1.70 bits per heavy atom. The van der Waals surface area contributed by atoms with Crippen molar-refractivity contribution in [3.63, 3.8) is 0 Å². The van der Waals surface area contributed by atoms with E-state index >= 15 is 4.39 Å². The number of ether oxygens (including phenoxy) is 1. The third kappa shape index (κ3) is 6.64. The Hall–Kier alpha value is -3.86. The lowest BCUT2D eigenvalue weighted by atomic mass is 10.0. The van der Waals surface area contributed by atoms with Crippen LogP contribution in [0.2, 0.25) is 0 Å². The van der Waals surface area contributed by atoms with E-state index in [1.165, 1.54) is 18.7 Å². The maximum Gasteiger partial charge on any atom is 0.236 e. The third-order valence-corrected chi connectivity index (χ3v) is 7.73. The first-order valence-electron chi connectivity index (χ1n) is 13.8. The van der Waals surface area contributed by atoms with Gasteiger partial charge in [-0.15, -0.1) is 0 Å². The molecule has 40 heavy (non-hydrogen) atoms. The maximum absolute atomic E-state index is 15.1. The van der Waals surface area contributed by atoms with Gasteiger partial charge in [0, 0.05) is 77.0 Å². The van der Waals surface area contributed by atoms with Crippen molar-refractivity contribution < 1.29 is 23.6 Å². The Balaban J connectivity index is 1.07. The number of carbonyl (C=O) groups is 2. The van der Waals surface area contributed by atoms with E-state index in [-0.39, 0.29) is 23.7 Å². The highest BCUT2D eigenvalue weighted by atomic mass is 19.1. The van der Waals surface area contributed by atoms with Crippen molar-refractivity contribution in [2.45, 2.75) is 19.4 Å². The lowest BCUT2D eigenvalue weighted by Crippen LogP contribution is -2.54. The average Bonchev–Trinajstić information content (AvgIpc) is 3.46. The molecule has 3 aliphatic rings. The summed E-state index contributed by atoms with van der Waals surface area (Å²) in [7, 11) is 1.66. The van der Waals surface area contributed by atoms with Crippen LogP contribution in [0.3, 0.4) is 0 Å². The summed E-state index contributed by atoms with van der Waals surface area (Å²) in [6.45, 7) is 7.93. The SMILES string of the molecule is COc1ccc(N2CCN(CC(=O)N3CCN(c4ccc(C5=NOC(CNC(C)=O)C5)cc4F)CC3)CC2)cc1. The quantitative estimate of drug-likeness (QED) is 0.536. The number of halogens is 1. The molecule has 1 unspecified atom stereocenters. The Morgan fingerprint density at radius 1 is 1.00 bits per heavy atom. The number of carbonyl (C=O) groups excluding carboxylic acids is 2. The standard InChI is InChI=1S/C29H37FN6O4/c1-21(37)31-19-25-18-27(32-40-25)22-3-8-28(26(30)17-22)35-13-15-36(16-14-35)29(38)20-33-9-11-34(12-10-33)23-4-6-24(39-2)7-5-23/h3-8,17,25H,9-16,18-20H2,1-2H3,(H,31,37). The molecule has 3 heterocycles. The zero-order chi connectivity index (χ0) is 28.1. The van der Waals surface area contributed by atoms with Crippen molar-refractivity contribution in [1.29, 1.82) is 0 Å². The third-order valence-electron chi connectivity index (χ3n) is 7.73. The molecule has 2 aromatic rings. The largest absolute Gasteiger partial charge is 0.497 e. The molecule has 11 heteroatoms. The van der Waals surface area contributed by atoms with Crippen molar-refractivity contribution in [2.24, 2.45) is 5.16 Å². The predicted molar refractivity (Wildman–Crippen MR) is 152 cm³/mol. The monoisotopic (exact) mass is 552 g/mol. The molecular formula is C29H37FN6O4. The highest BCUT2D eigenvalue weighted by molar-refractivity contribution is 6.01. The molecule has 1 atom stereocenters. The van der Waals surface area contributed by atoms with Crippen LogP contribution in [-0.4, -0.2) is 106 Å². The van der Waals surface area contributed by atoms with Crippen molar-refractivity contribution in [3.8, 4) is 5.75 Å². The topological polar surface area (TPSA) is 90.0 Å². The number of methoxy groups -OCH3 is 1. The number of oxime groups is 1. The summed E-state index contributed by atoms with van der Waals surface area (Å²) in [5.41, 5.74) is 3.03. The number of anilines is 2. The van der Waals surface area contributed by atoms with E-state index < -0.39 is 0 Å². The molecule has 5 rings (SSSR count). The molecule has 3 aliphatic heterocycles. The van der Waals surface area contributed by atoms with Crippen molar-refractivity contribution in [2.75, 3.05) is 82.4 Å². The second-order valence-corrected chi connectivity index (χ2v) is 10.4. The van der Waals surface area contributed by atoms with Crippen molar-refractivity contribution in [1.82, 2.24) is 15.1 Å². The van der Waals surface area contributed by atoms with Gasteiger partial charge >= 0.3 is 0 Å². The molecule has 2 amide bonds. The number of nitrogens with one attached hydrogen (secondary N) is 1. The summed E-state index contributed by atoms with van der Waals surface area (Å²) in [5.74, 6) is 0.524. The van der Waals surface area contributed by atoms with E-state index in [0.717, 1.165) is 31.9 Å². The number of hydrogen-bond donors (Lipinski definition) is 1. The van der Waals surface area contributed by atoms with Crippen LogP contribution in [0.4, 0.5) is 15.8 Å². The first kappa shape index (κ1) is 27.7. The molecule has 1 N–H and O–H groups in total. The lowest BCUT2D eigenvalue weighted by molar-refractivity contribution is -0.132. The van der Waals surface area contributed by atoms with Gasteiger partial charge in [-0.05, 0) is 36.4 Å². The van der Waals surface area contributed by atoms with E-state index in [1.54, 1.807) is 13.2 Å². The fourth-order valence-electron chi connectivity index (χ4n) is 5.35. The molecule has 0 aliphatic carbocycles. The summed E-state index contributed by atoms with van der Waals surface area (Å²) in [6.07, 6.45) is 0.265. The number of piperazine rings is 2. The van der Waals surface area contributed by atoms with Gasteiger partial charge < -0.3 is 29.6 Å². The normalized spacial score (nSPS) is 19.7. The molecule has 0 aromatic heterocycles. The number of hydrogen-bond acceptors (Lipinski definition) is 8. The van der Waals surface area contributed by atoms with Gasteiger partial charge in [-0.1, -0.05) is 11.2 Å². The van der Waals surface area contributed by atoms with Crippen LogP contribution >= 0.6 is 0 Å². The molecule has 2 aromatic carbocycles. The molecule has 0 spiro atoms. The zero-order valence-corrected chi connectivity index (χ0v) is 23.1. The van der Waals surface area contributed by atoms with Crippen molar-refractivity contribution in [3.05, 3.63) is 53.8 Å². The van der Waals surface area contributed by atoms with Gasteiger partial charge in [0.2, 0.25) is 11.8 Å². The number of amides is 2. The molecule has 0 bridgehead atoms. The highest BCUT2D eigenvalue weighted by Crippen LogP contribution is 2.25. The second kappa shape index (κ2) is 12.5. The maximum atomic E-state index is 15.1. The van der Waals surface area contributed by atoms with Gasteiger partial charge in [0.25, 0.3) is 0 Å². The average molecular weight is 553 g/mol. The number of nitrogens with zero attached hydrogens (tertiary/aromatic N) is 5. The number of rotatable bonds is 8. The van der Waals surface area contributed by atoms with E-state index in [1.807, 2.05) is 28.0 Å². The van der Waals surface area contributed by atoms with E-state index in [0.29, 0.717) is 62.7 Å². The molecular weight excluding hydrogens is 515 g/mol. The fourth-order valence-corrected chi connectivity index (χ4v) is 5.35. The first-order valence-corrected chi connectivity index (χ1v) is 13.8. The van der Waals surface area contributed by atoms with E-state index in [4.69, 9.17) is 9.57 Å². The molecule has 2 saturated heterocycles. The Bertz CT molecular complexity index is 1220. The summed E-state index contributed by atoms with van der Waals surface area (Å²) in [5, 5.41) is 6.80. The van der Waals surface area contributed by atoms with Crippen LogP contribution in [0.15, 0.2) is 47.6 Å². The molecule has 10 nitrogen and oxygen atoms in total. The van der Waals surface area contributed by atoms with E-state index in [9.17, 15) is 9.59 Å². The van der Waals surface area contributed by atoms with Gasteiger partial charge in [0.15, 0.2) is 0 Å². The van der Waals surface area contributed by atoms with Crippen LogP contribution in [0.25, 0.3) is 0 Å². The van der Waals surface area contributed by atoms with Crippen molar-refractivity contribution >= 4 is 28.9 Å². The summed E-state index contributed by atoms with van der Waals surface area (Å²) in [4.78, 5) is 37.9. The Labute approximate surface area is 234 Å². The predicted octanol–water partition coefficient (Wildman–Crippen LogP) is 1.93. The van der Waals surface area contributed by atoms with Gasteiger partial charge in [0.1, 0.15) is 17.7 Å². The van der Waals surface area contributed by atoms with Crippen LogP contribution in [0.1, 0.15) is 18.9 Å². The minimum atomic E-state index is -0.319.